The van der Waals surface area contributed by atoms with Gasteiger partial charge in [-0.3, -0.25) is 14.8 Å². The molecule has 0 bridgehead atoms. The number of hydrogen-bond donors (Lipinski definition) is 4. The van der Waals surface area contributed by atoms with E-state index in [2.05, 4.69) is 0 Å². The van der Waals surface area contributed by atoms with Crippen LogP contribution in [0.4, 0.5) is 0 Å². The maximum absolute atomic E-state index is 10.3. The molecule has 6 nitrogen and oxygen atoms in total. The lowest BCUT2D eigenvalue weighted by Gasteiger charge is -2.03. The maximum Gasteiger partial charge on any atom is 0.320 e. The lowest BCUT2D eigenvalue weighted by molar-refractivity contribution is -0.139. The summed E-state index contributed by atoms with van der Waals surface area (Å²) in [5, 5.41) is 16.2. The first-order valence-corrected chi connectivity index (χ1v) is 2.99. The Hall–Kier alpha value is -1.14. The normalized spacial score (nSPS) is 12.2. The zero-order valence-corrected chi connectivity index (χ0v) is 5.78. The smallest absolute Gasteiger partial charge is 0.320 e. The molecule has 0 aliphatic rings. The summed E-state index contributed by atoms with van der Waals surface area (Å²) in [5.41, 5.74) is 6.43. The van der Waals surface area contributed by atoms with Gasteiger partial charge in [-0.15, -0.1) is 0 Å². The van der Waals surface area contributed by atoms with Crippen molar-refractivity contribution in [3.05, 3.63) is 0 Å². The Morgan fingerprint density at radius 1 is 1.55 bits per heavy atom. The van der Waals surface area contributed by atoms with Crippen LogP contribution in [0.25, 0.3) is 0 Å². The molecular weight excluding hydrogens is 152 g/mol. The maximum atomic E-state index is 10.3. The number of carbonyl (C=O) groups excluding carboxylic acids is 1. The number of nitrogens with one attached hydrogen (secondary N) is 1. The number of carboxylic acids is 1. The molecule has 64 valence electrons. The van der Waals surface area contributed by atoms with Gasteiger partial charge < -0.3 is 10.8 Å². The number of amides is 1. The highest BCUT2D eigenvalue weighted by Gasteiger charge is 2.12. The predicted molar refractivity (Wildman–Crippen MR) is 34.8 cm³/mol. The molecule has 6 heteroatoms. The monoisotopic (exact) mass is 162 g/mol. The molecule has 0 saturated heterocycles. The average molecular weight is 162 g/mol. The first kappa shape index (κ1) is 9.86. The molecule has 1 amide bonds. The molecular formula is C5H10N2O4. The third-order valence-corrected chi connectivity index (χ3v) is 1.12. The molecule has 0 aromatic heterocycles. The predicted octanol–water partition coefficient (Wildman–Crippen LogP) is -1.32. The molecule has 0 spiro atoms. The van der Waals surface area contributed by atoms with E-state index in [0.29, 0.717) is 0 Å². The lowest BCUT2D eigenvalue weighted by Crippen LogP contribution is -2.32. The summed E-state index contributed by atoms with van der Waals surface area (Å²) >= 11 is 0. The van der Waals surface area contributed by atoms with E-state index in [1.807, 2.05) is 0 Å². The molecule has 11 heavy (non-hydrogen) atoms. The number of carboxylic acid groups (broad SMARTS) is 1. The average Bonchev–Trinajstić information content (AvgIpc) is 1.99. The highest BCUT2D eigenvalue weighted by Crippen LogP contribution is 1.93. The molecule has 0 radical (unpaired) electrons. The molecule has 0 aliphatic carbocycles. The number of aliphatic carboxylic acids is 1. The highest BCUT2D eigenvalue weighted by molar-refractivity contribution is 5.77. The van der Waals surface area contributed by atoms with Crippen molar-refractivity contribution in [3.8, 4) is 0 Å². The van der Waals surface area contributed by atoms with Crippen molar-refractivity contribution in [2.45, 2.75) is 18.9 Å². The summed E-state index contributed by atoms with van der Waals surface area (Å²) in [6.45, 7) is 0. The van der Waals surface area contributed by atoms with Gasteiger partial charge in [0.05, 0.1) is 0 Å². The van der Waals surface area contributed by atoms with Crippen LogP contribution in [0.3, 0.4) is 0 Å². The van der Waals surface area contributed by atoms with E-state index in [1.54, 1.807) is 0 Å². The lowest BCUT2D eigenvalue weighted by atomic mass is 10.2. The number of rotatable bonds is 4. The fourth-order valence-electron chi connectivity index (χ4n) is 0.466. The van der Waals surface area contributed by atoms with Crippen LogP contribution in [0.2, 0.25) is 0 Å². The van der Waals surface area contributed by atoms with Crippen LogP contribution >= 0.6 is 0 Å². The number of hydroxylamine groups is 1. The van der Waals surface area contributed by atoms with E-state index in [4.69, 9.17) is 16.0 Å². The van der Waals surface area contributed by atoms with Gasteiger partial charge in [-0.1, -0.05) is 0 Å². The van der Waals surface area contributed by atoms with Crippen LogP contribution in [0, 0.1) is 0 Å². The molecule has 0 aromatic rings. The van der Waals surface area contributed by atoms with Crippen molar-refractivity contribution in [3.63, 3.8) is 0 Å². The van der Waals surface area contributed by atoms with Gasteiger partial charge in [0.1, 0.15) is 6.04 Å². The summed E-state index contributed by atoms with van der Waals surface area (Å²) < 4.78 is 0. The van der Waals surface area contributed by atoms with Crippen LogP contribution in [-0.4, -0.2) is 28.2 Å². The van der Waals surface area contributed by atoms with E-state index in [-0.39, 0.29) is 12.8 Å². The Labute approximate surface area is 63.0 Å². The molecule has 0 heterocycles. The van der Waals surface area contributed by atoms with Crippen molar-refractivity contribution in [1.82, 2.24) is 5.48 Å². The van der Waals surface area contributed by atoms with Crippen molar-refractivity contribution in [1.29, 1.82) is 0 Å². The Kier molecular flexibility index (Phi) is 4.16. The van der Waals surface area contributed by atoms with E-state index < -0.39 is 17.9 Å². The van der Waals surface area contributed by atoms with Gasteiger partial charge >= 0.3 is 5.97 Å². The SMILES string of the molecule is N[C@H](CCC(=O)NO)C(=O)O. The molecule has 0 fully saturated rings. The minimum atomic E-state index is -1.16. The molecule has 0 aliphatic heterocycles. The third-order valence-electron chi connectivity index (χ3n) is 1.12. The topological polar surface area (TPSA) is 113 Å². The largest absolute Gasteiger partial charge is 0.480 e. The Balaban J connectivity index is 3.54. The standard InChI is InChI=1S/C5H10N2O4/c6-3(5(9)10)1-2-4(8)7-11/h3,11H,1-2,6H2,(H,7,8)(H,9,10)/t3-/m1/s1. The molecule has 1 atom stereocenters. The minimum absolute atomic E-state index is 0.0156. The second kappa shape index (κ2) is 4.64. The highest BCUT2D eigenvalue weighted by atomic mass is 16.5. The second-order valence-electron chi connectivity index (χ2n) is 2.02. The zero-order chi connectivity index (χ0) is 8.85. The Morgan fingerprint density at radius 2 is 2.09 bits per heavy atom. The first-order valence-electron chi connectivity index (χ1n) is 2.99. The van der Waals surface area contributed by atoms with Gasteiger partial charge in [-0.25, -0.2) is 5.48 Å². The number of carbonyl (C=O) groups is 2. The number of nitrogens with two attached hydrogens (primary N) is 1. The van der Waals surface area contributed by atoms with Crippen LogP contribution in [0.15, 0.2) is 0 Å². The summed E-state index contributed by atoms with van der Waals surface area (Å²) in [4.78, 5) is 20.4. The Morgan fingerprint density at radius 3 is 2.45 bits per heavy atom. The minimum Gasteiger partial charge on any atom is -0.480 e. The molecule has 0 rings (SSSR count). The quantitative estimate of drug-likeness (QED) is 0.302. The van der Waals surface area contributed by atoms with E-state index >= 15 is 0 Å². The van der Waals surface area contributed by atoms with Gasteiger partial charge in [0.25, 0.3) is 0 Å². The first-order chi connectivity index (χ1) is 5.07. The van der Waals surface area contributed by atoms with E-state index in [0.717, 1.165) is 0 Å². The van der Waals surface area contributed by atoms with Gasteiger partial charge in [-0.2, -0.15) is 0 Å². The van der Waals surface area contributed by atoms with Gasteiger partial charge in [0.2, 0.25) is 5.91 Å². The van der Waals surface area contributed by atoms with Crippen molar-refractivity contribution in [2.75, 3.05) is 0 Å². The molecule has 0 saturated carbocycles. The van der Waals surface area contributed by atoms with Crippen LogP contribution in [0.5, 0.6) is 0 Å². The fraction of sp³-hybridized carbons (Fsp3) is 0.600. The summed E-state index contributed by atoms with van der Waals surface area (Å²) in [5.74, 6) is -1.79. The summed E-state index contributed by atoms with van der Waals surface area (Å²) in [6, 6.07) is -1.05. The molecule has 0 aromatic carbocycles. The van der Waals surface area contributed by atoms with Crippen molar-refractivity contribution < 1.29 is 19.9 Å². The van der Waals surface area contributed by atoms with Gasteiger partial charge in [0.15, 0.2) is 0 Å². The van der Waals surface area contributed by atoms with Crippen LogP contribution < -0.4 is 11.2 Å². The van der Waals surface area contributed by atoms with Crippen molar-refractivity contribution >= 4 is 11.9 Å². The summed E-state index contributed by atoms with van der Waals surface area (Å²) in [6.07, 6.45) is -0.0777. The van der Waals surface area contributed by atoms with Gasteiger partial charge in [-0.05, 0) is 6.42 Å². The van der Waals surface area contributed by atoms with E-state index in [9.17, 15) is 9.59 Å². The third kappa shape index (κ3) is 4.29. The van der Waals surface area contributed by atoms with Gasteiger partial charge in [0, 0.05) is 6.42 Å². The zero-order valence-electron chi connectivity index (χ0n) is 5.78. The van der Waals surface area contributed by atoms with Crippen LogP contribution in [0.1, 0.15) is 12.8 Å². The van der Waals surface area contributed by atoms with E-state index in [1.165, 1.54) is 5.48 Å². The van der Waals surface area contributed by atoms with Crippen LogP contribution in [-0.2, 0) is 9.59 Å². The molecule has 0 unspecified atom stereocenters. The fourth-order valence-corrected chi connectivity index (χ4v) is 0.466. The molecule has 5 N–H and O–H groups in total. The van der Waals surface area contributed by atoms with Crippen molar-refractivity contribution in [2.24, 2.45) is 5.73 Å². The second-order valence-corrected chi connectivity index (χ2v) is 2.02. The Bertz CT molecular complexity index is 159. The number of hydrogen-bond acceptors (Lipinski definition) is 4. The summed E-state index contributed by atoms with van der Waals surface area (Å²) in [7, 11) is 0.